The van der Waals surface area contributed by atoms with E-state index in [-0.39, 0.29) is 24.3 Å². The Morgan fingerprint density at radius 1 is 1.36 bits per heavy atom. The highest BCUT2D eigenvalue weighted by molar-refractivity contribution is 6.10. The van der Waals surface area contributed by atoms with Gasteiger partial charge in [0.15, 0.2) is 5.78 Å². The number of para-hydroxylation sites is 1. The average molecular weight is 299 g/mol. The van der Waals surface area contributed by atoms with Gasteiger partial charge in [0.25, 0.3) is 0 Å². The predicted molar refractivity (Wildman–Crippen MR) is 85.9 cm³/mol. The minimum Gasteiger partial charge on any atom is -0.360 e. The molecule has 22 heavy (non-hydrogen) atoms. The number of aromatic nitrogens is 1. The molecule has 0 unspecified atom stereocenters. The lowest BCUT2D eigenvalue weighted by atomic mass is 10.0. The van der Waals surface area contributed by atoms with Crippen LogP contribution in [0.1, 0.15) is 30.1 Å². The van der Waals surface area contributed by atoms with Crippen LogP contribution in [0.2, 0.25) is 0 Å². The average Bonchev–Trinajstić information content (AvgIpc) is 3.21. The highest BCUT2D eigenvalue weighted by atomic mass is 16.2. The van der Waals surface area contributed by atoms with Crippen LogP contribution in [0.25, 0.3) is 10.9 Å². The maximum absolute atomic E-state index is 12.7. The molecule has 116 valence electrons. The van der Waals surface area contributed by atoms with Crippen molar-refractivity contribution < 1.29 is 9.59 Å². The molecule has 1 aromatic heterocycles. The Morgan fingerprint density at radius 3 is 2.82 bits per heavy atom. The van der Waals surface area contributed by atoms with E-state index in [9.17, 15) is 9.59 Å². The Bertz CT molecular complexity index is 703. The Balaban J connectivity index is 1.69. The normalized spacial score (nSPS) is 16.0. The van der Waals surface area contributed by atoms with Gasteiger partial charge in [-0.05, 0) is 32.9 Å². The van der Waals surface area contributed by atoms with Crippen LogP contribution in [0.4, 0.5) is 0 Å². The summed E-state index contributed by atoms with van der Waals surface area (Å²) < 4.78 is 0. The van der Waals surface area contributed by atoms with Crippen LogP contribution in [0, 0.1) is 0 Å². The fourth-order valence-corrected chi connectivity index (χ4v) is 2.57. The Hall–Kier alpha value is -2.14. The molecule has 0 bridgehead atoms. The molecule has 1 saturated carbocycles. The van der Waals surface area contributed by atoms with E-state index in [0.29, 0.717) is 11.6 Å². The maximum Gasteiger partial charge on any atom is 0.234 e. The monoisotopic (exact) mass is 299 g/mol. The van der Waals surface area contributed by atoms with E-state index in [1.807, 2.05) is 38.2 Å². The topological polar surface area (TPSA) is 65.2 Å². The maximum atomic E-state index is 12.7. The number of Topliss-reactive ketones (excluding diaryl/α,β-unsaturated/α-hetero) is 1. The van der Waals surface area contributed by atoms with E-state index >= 15 is 0 Å². The molecule has 5 nitrogen and oxygen atoms in total. The molecule has 1 heterocycles. The number of nitrogens with one attached hydrogen (secondary N) is 2. The molecule has 1 amide bonds. The number of carbonyl (C=O) groups excluding carboxylic acids is 2. The summed E-state index contributed by atoms with van der Waals surface area (Å²) in [6, 6.07) is 7.74. The van der Waals surface area contributed by atoms with Crippen molar-refractivity contribution in [1.82, 2.24) is 15.2 Å². The van der Waals surface area contributed by atoms with Crippen LogP contribution in [-0.2, 0) is 4.79 Å². The first-order chi connectivity index (χ1) is 10.6. The van der Waals surface area contributed by atoms with Crippen molar-refractivity contribution in [3.05, 3.63) is 36.0 Å². The van der Waals surface area contributed by atoms with E-state index in [1.165, 1.54) is 0 Å². The molecule has 2 N–H and O–H groups in total. The number of aromatic amines is 1. The minimum absolute atomic E-state index is 0.0106. The van der Waals surface area contributed by atoms with Crippen LogP contribution in [0.3, 0.4) is 0 Å². The fraction of sp³-hybridized carbons (Fsp3) is 0.412. The van der Waals surface area contributed by atoms with Crippen molar-refractivity contribution in [3.63, 3.8) is 0 Å². The second kappa shape index (κ2) is 5.93. The molecule has 1 aromatic carbocycles. The summed E-state index contributed by atoms with van der Waals surface area (Å²) in [4.78, 5) is 29.5. The van der Waals surface area contributed by atoms with Gasteiger partial charge in [0, 0.05) is 28.7 Å². The van der Waals surface area contributed by atoms with Crippen LogP contribution in [0.5, 0.6) is 0 Å². The zero-order chi connectivity index (χ0) is 15.7. The van der Waals surface area contributed by atoms with Gasteiger partial charge in [0.1, 0.15) is 0 Å². The van der Waals surface area contributed by atoms with Crippen molar-refractivity contribution in [2.45, 2.75) is 31.8 Å². The van der Waals surface area contributed by atoms with Gasteiger partial charge in [-0.1, -0.05) is 18.2 Å². The molecule has 0 aliphatic heterocycles. The number of rotatable bonds is 6. The first-order valence-corrected chi connectivity index (χ1v) is 7.66. The number of benzene rings is 1. The van der Waals surface area contributed by atoms with Gasteiger partial charge < -0.3 is 10.3 Å². The van der Waals surface area contributed by atoms with Gasteiger partial charge in [-0.2, -0.15) is 0 Å². The number of nitrogens with zero attached hydrogens (tertiary/aromatic N) is 1. The molecule has 1 fully saturated rings. The number of carbonyl (C=O) groups is 2. The third-order valence-electron chi connectivity index (χ3n) is 4.23. The Kier molecular flexibility index (Phi) is 3.98. The smallest absolute Gasteiger partial charge is 0.234 e. The molecular weight excluding hydrogens is 278 g/mol. The van der Waals surface area contributed by atoms with E-state index in [4.69, 9.17) is 0 Å². The van der Waals surface area contributed by atoms with Gasteiger partial charge in [-0.25, -0.2) is 0 Å². The fourth-order valence-electron chi connectivity index (χ4n) is 2.57. The van der Waals surface area contributed by atoms with Crippen LogP contribution >= 0.6 is 0 Å². The molecule has 5 heteroatoms. The second-order valence-electron chi connectivity index (χ2n) is 6.05. The van der Waals surface area contributed by atoms with E-state index in [2.05, 4.69) is 10.3 Å². The van der Waals surface area contributed by atoms with Gasteiger partial charge >= 0.3 is 0 Å². The molecule has 1 aliphatic carbocycles. The standard InChI is InChI=1S/C17H21N3O2/c1-11(20(2)10-16(21)19-12-7-8-12)17(22)14-9-18-15-6-4-3-5-13(14)15/h3-6,9,11-12,18H,7-8,10H2,1-2H3,(H,19,21)/t11-/m1/s1. The largest absolute Gasteiger partial charge is 0.360 e. The molecule has 0 spiro atoms. The van der Waals surface area contributed by atoms with Crippen molar-refractivity contribution in [1.29, 1.82) is 0 Å². The molecule has 2 aromatic rings. The Labute approximate surface area is 129 Å². The molecule has 0 saturated heterocycles. The lowest BCUT2D eigenvalue weighted by molar-refractivity contribution is -0.122. The van der Waals surface area contributed by atoms with Gasteiger partial charge in [0.05, 0.1) is 12.6 Å². The van der Waals surface area contributed by atoms with Crippen molar-refractivity contribution in [2.75, 3.05) is 13.6 Å². The highest BCUT2D eigenvalue weighted by Gasteiger charge is 2.26. The zero-order valence-corrected chi connectivity index (χ0v) is 12.9. The number of fused-ring (bicyclic) bond motifs is 1. The molecule has 1 atom stereocenters. The predicted octanol–water partition coefficient (Wildman–Crippen LogP) is 1.95. The molecule has 1 aliphatic rings. The third-order valence-corrected chi connectivity index (χ3v) is 4.23. The lowest BCUT2D eigenvalue weighted by Crippen LogP contribution is -2.43. The summed E-state index contributed by atoms with van der Waals surface area (Å²) in [6.07, 6.45) is 3.89. The number of likely N-dealkylation sites (N-methyl/N-ethyl adjacent to an activating group) is 1. The Morgan fingerprint density at radius 2 is 2.09 bits per heavy atom. The summed E-state index contributed by atoms with van der Waals surface area (Å²) in [5, 5.41) is 3.87. The van der Waals surface area contributed by atoms with Crippen LogP contribution in [-0.4, -0.2) is 47.3 Å². The highest BCUT2D eigenvalue weighted by Crippen LogP contribution is 2.21. The zero-order valence-electron chi connectivity index (χ0n) is 12.9. The second-order valence-corrected chi connectivity index (χ2v) is 6.05. The van der Waals surface area contributed by atoms with Crippen molar-refractivity contribution in [3.8, 4) is 0 Å². The number of hydrogen-bond acceptors (Lipinski definition) is 3. The third kappa shape index (κ3) is 3.04. The van der Waals surface area contributed by atoms with Gasteiger partial charge in [0.2, 0.25) is 5.91 Å². The van der Waals surface area contributed by atoms with E-state index in [0.717, 1.165) is 23.7 Å². The SMILES string of the molecule is C[C@H](C(=O)c1c[nH]c2ccccc12)N(C)CC(=O)NC1CC1. The van der Waals surface area contributed by atoms with Crippen molar-refractivity contribution in [2.24, 2.45) is 0 Å². The summed E-state index contributed by atoms with van der Waals surface area (Å²) in [7, 11) is 1.81. The first-order valence-electron chi connectivity index (χ1n) is 7.66. The number of amides is 1. The molecular formula is C17H21N3O2. The van der Waals surface area contributed by atoms with E-state index < -0.39 is 0 Å². The van der Waals surface area contributed by atoms with Crippen molar-refractivity contribution >= 4 is 22.6 Å². The quantitative estimate of drug-likeness (QED) is 0.801. The summed E-state index contributed by atoms with van der Waals surface area (Å²) in [6.45, 7) is 2.08. The van der Waals surface area contributed by atoms with Crippen LogP contribution in [0.15, 0.2) is 30.5 Å². The number of ketones is 1. The summed E-state index contributed by atoms with van der Waals surface area (Å²) in [5.41, 5.74) is 1.63. The lowest BCUT2D eigenvalue weighted by Gasteiger charge is -2.22. The first kappa shape index (κ1) is 14.8. The molecule has 3 rings (SSSR count). The summed E-state index contributed by atoms with van der Waals surface area (Å²) >= 11 is 0. The summed E-state index contributed by atoms with van der Waals surface area (Å²) in [5.74, 6) is 0.0164. The minimum atomic E-state index is -0.343. The number of H-pyrrole nitrogens is 1. The van der Waals surface area contributed by atoms with E-state index in [1.54, 1.807) is 11.1 Å². The van der Waals surface area contributed by atoms with Gasteiger partial charge in [-0.3, -0.25) is 14.5 Å². The molecule has 0 radical (unpaired) electrons. The van der Waals surface area contributed by atoms with Crippen LogP contribution < -0.4 is 5.32 Å². The number of hydrogen-bond donors (Lipinski definition) is 2. The van der Waals surface area contributed by atoms with Gasteiger partial charge in [-0.15, -0.1) is 0 Å².